The number of hydrogen-bond donors (Lipinski definition) is 0. The van der Waals surface area contributed by atoms with Crippen LogP contribution in [0.2, 0.25) is 5.02 Å². The Hall–Kier alpha value is -2.55. The molecule has 0 aromatic heterocycles. The summed E-state index contributed by atoms with van der Waals surface area (Å²) in [7, 11) is 1.93. The Morgan fingerprint density at radius 1 is 1.27 bits per heavy atom. The Morgan fingerprint density at radius 3 is 2.69 bits per heavy atom. The Labute approximate surface area is 158 Å². The van der Waals surface area contributed by atoms with Crippen molar-refractivity contribution < 1.29 is 9.53 Å². The van der Waals surface area contributed by atoms with Crippen LogP contribution in [0.4, 0.5) is 5.69 Å². The van der Waals surface area contributed by atoms with Crippen LogP contribution >= 0.6 is 11.6 Å². The first-order valence-corrected chi connectivity index (χ1v) is 8.87. The van der Waals surface area contributed by atoms with Crippen LogP contribution < -0.4 is 9.64 Å². The van der Waals surface area contributed by atoms with Crippen molar-refractivity contribution in [2.75, 3.05) is 31.6 Å². The van der Waals surface area contributed by atoms with Crippen molar-refractivity contribution in [3.63, 3.8) is 0 Å². The number of halogens is 1. The highest BCUT2D eigenvalue weighted by molar-refractivity contribution is 6.33. The van der Waals surface area contributed by atoms with E-state index in [9.17, 15) is 4.79 Å². The molecule has 0 aliphatic carbocycles. The van der Waals surface area contributed by atoms with Gasteiger partial charge in [-0.15, -0.1) is 0 Å². The van der Waals surface area contributed by atoms with E-state index in [0.717, 1.165) is 12.1 Å². The standard InChI is InChI=1S/C20H20ClN3O2/c1-23(12-13-26-16-8-6-15(14-22)7-9-16)19-10-11-24(20(19)25)18-5-3-2-4-17(18)21/h2-9,19H,10-13H2,1H3. The van der Waals surface area contributed by atoms with E-state index in [4.69, 9.17) is 21.6 Å². The molecule has 1 heterocycles. The first kappa shape index (κ1) is 18.2. The van der Waals surface area contributed by atoms with Crippen LogP contribution in [0.5, 0.6) is 5.75 Å². The van der Waals surface area contributed by atoms with Gasteiger partial charge in [0.1, 0.15) is 12.4 Å². The monoisotopic (exact) mass is 369 g/mol. The Kier molecular flexibility index (Phi) is 5.77. The highest BCUT2D eigenvalue weighted by Gasteiger charge is 2.35. The number of rotatable bonds is 6. The molecule has 2 aromatic rings. The van der Waals surface area contributed by atoms with Crippen LogP contribution in [0.1, 0.15) is 12.0 Å². The van der Waals surface area contributed by atoms with E-state index in [1.165, 1.54) is 0 Å². The quantitative estimate of drug-likeness (QED) is 0.783. The van der Waals surface area contributed by atoms with Crippen molar-refractivity contribution in [3.8, 4) is 11.8 Å². The van der Waals surface area contributed by atoms with Gasteiger partial charge in [0.25, 0.3) is 0 Å². The lowest BCUT2D eigenvalue weighted by molar-refractivity contribution is -0.121. The maximum absolute atomic E-state index is 12.8. The normalized spacial score (nSPS) is 16.8. The zero-order valence-corrected chi connectivity index (χ0v) is 15.3. The summed E-state index contributed by atoms with van der Waals surface area (Å²) in [5, 5.41) is 9.39. The number of benzene rings is 2. The smallest absolute Gasteiger partial charge is 0.244 e. The SMILES string of the molecule is CN(CCOc1ccc(C#N)cc1)C1CCN(c2ccccc2Cl)C1=O. The van der Waals surface area contributed by atoms with Crippen LogP contribution in [0.25, 0.3) is 0 Å². The second-order valence-corrected chi connectivity index (χ2v) is 6.62. The highest BCUT2D eigenvalue weighted by Crippen LogP contribution is 2.30. The number of amides is 1. The van der Waals surface area contributed by atoms with Crippen LogP contribution in [-0.2, 0) is 4.79 Å². The fourth-order valence-corrected chi connectivity index (χ4v) is 3.31. The number of ether oxygens (including phenoxy) is 1. The summed E-state index contributed by atoms with van der Waals surface area (Å²) in [4.78, 5) is 16.5. The van der Waals surface area contributed by atoms with E-state index >= 15 is 0 Å². The van der Waals surface area contributed by atoms with E-state index in [-0.39, 0.29) is 11.9 Å². The van der Waals surface area contributed by atoms with Gasteiger partial charge in [-0.25, -0.2) is 0 Å². The molecule has 1 fully saturated rings. The maximum atomic E-state index is 12.8. The molecule has 0 saturated carbocycles. The van der Waals surface area contributed by atoms with Gasteiger partial charge in [-0.1, -0.05) is 23.7 Å². The van der Waals surface area contributed by atoms with Crippen molar-refractivity contribution >= 4 is 23.2 Å². The van der Waals surface area contributed by atoms with Gasteiger partial charge in [-0.05, 0) is 49.9 Å². The third-order valence-electron chi connectivity index (χ3n) is 4.55. The van der Waals surface area contributed by atoms with Gasteiger partial charge in [-0.2, -0.15) is 5.26 Å². The molecule has 1 amide bonds. The number of hydrogen-bond acceptors (Lipinski definition) is 4. The lowest BCUT2D eigenvalue weighted by Crippen LogP contribution is -2.41. The first-order chi connectivity index (χ1) is 12.6. The van der Waals surface area contributed by atoms with Gasteiger partial charge in [0.15, 0.2) is 0 Å². The zero-order chi connectivity index (χ0) is 18.5. The molecular weight excluding hydrogens is 350 g/mol. The minimum Gasteiger partial charge on any atom is -0.492 e. The minimum absolute atomic E-state index is 0.0685. The Bertz CT molecular complexity index is 817. The molecule has 6 heteroatoms. The molecule has 1 saturated heterocycles. The van der Waals surface area contributed by atoms with Gasteiger partial charge in [0.05, 0.1) is 28.4 Å². The molecule has 134 valence electrons. The molecule has 1 unspecified atom stereocenters. The second-order valence-electron chi connectivity index (χ2n) is 6.21. The summed E-state index contributed by atoms with van der Waals surface area (Å²) in [6, 6.07) is 16.3. The fraction of sp³-hybridized carbons (Fsp3) is 0.300. The summed E-state index contributed by atoms with van der Waals surface area (Å²) in [5.74, 6) is 0.784. The van der Waals surface area contributed by atoms with E-state index in [2.05, 4.69) is 6.07 Å². The van der Waals surface area contributed by atoms with Crippen LogP contribution in [-0.4, -0.2) is 43.6 Å². The van der Waals surface area contributed by atoms with Gasteiger partial charge < -0.3 is 9.64 Å². The number of nitriles is 1. The van der Waals surface area contributed by atoms with Crippen molar-refractivity contribution in [1.82, 2.24) is 4.90 Å². The van der Waals surface area contributed by atoms with Crippen molar-refractivity contribution in [2.24, 2.45) is 0 Å². The van der Waals surface area contributed by atoms with Crippen LogP contribution in [0, 0.1) is 11.3 Å². The van der Waals surface area contributed by atoms with Gasteiger partial charge in [0, 0.05) is 13.1 Å². The Balaban J connectivity index is 1.53. The van der Waals surface area contributed by atoms with Crippen LogP contribution in [0.3, 0.4) is 0 Å². The summed E-state index contributed by atoms with van der Waals surface area (Å²) < 4.78 is 5.70. The van der Waals surface area contributed by atoms with E-state index in [1.54, 1.807) is 35.2 Å². The van der Waals surface area contributed by atoms with Crippen LogP contribution in [0.15, 0.2) is 48.5 Å². The minimum atomic E-state index is -0.171. The summed E-state index contributed by atoms with van der Waals surface area (Å²) in [5.41, 5.74) is 1.37. The maximum Gasteiger partial charge on any atom is 0.244 e. The average molecular weight is 370 g/mol. The predicted octanol–water partition coefficient (Wildman–Crippen LogP) is 3.33. The summed E-state index contributed by atoms with van der Waals surface area (Å²) >= 11 is 6.22. The zero-order valence-electron chi connectivity index (χ0n) is 14.6. The molecule has 0 bridgehead atoms. The summed E-state index contributed by atoms with van der Waals surface area (Å²) in [6.45, 7) is 1.76. The molecular formula is C20H20ClN3O2. The van der Waals surface area contributed by atoms with Crippen molar-refractivity contribution in [3.05, 3.63) is 59.1 Å². The lowest BCUT2D eigenvalue weighted by atomic mass is 10.2. The molecule has 1 aliphatic heterocycles. The van der Waals surface area contributed by atoms with Crippen molar-refractivity contribution in [2.45, 2.75) is 12.5 Å². The number of likely N-dealkylation sites (N-methyl/N-ethyl adjacent to an activating group) is 1. The van der Waals surface area contributed by atoms with E-state index < -0.39 is 0 Å². The fourth-order valence-electron chi connectivity index (χ4n) is 3.07. The van der Waals surface area contributed by atoms with Gasteiger partial charge >= 0.3 is 0 Å². The number of carbonyl (C=O) groups is 1. The largest absolute Gasteiger partial charge is 0.492 e. The van der Waals surface area contributed by atoms with E-state index in [0.29, 0.717) is 36.0 Å². The predicted molar refractivity (Wildman–Crippen MR) is 101 cm³/mol. The third kappa shape index (κ3) is 3.98. The van der Waals surface area contributed by atoms with Gasteiger partial charge in [-0.3, -0.25) is 9.69 Å². The van der Waals surface area contributed by atoms with Gasteiger partial charge in [0.2, 0.25) is 5.91 Å². The lowest BCUT2D eigenvalue weighted by Gasteiger charge is -2.24. The van der Waals surface area contributed by atoms with E-state index in [1.807, 2.05) is 30.1 Å². The Morgan fingerprint density at radius 2 is 2.00 bits per heavy atom. The molecule has 26 heavy (non-hydrogen) atoms. The number of para-hydroxylation sites is 1. The second kappa shape index (κ2) is 8.22. The number of carbonyl (C=O) groups excluding carboxylic acids is 1. The molecule has 5 nitrogen and oxygen atoms in total. The molecule has 0 radical (unpaired) electrons. The first-order valence-electron chi connectivity index (χ1n) is 8.49. The highest BCUT2D eigenvalue weighted by atomic mass is 35.5. The molecule has 2 aromatic carbocycles. The number of anilines is 1. The number of nitrogens with zero attached hydrogens (tertiary/aromatic N) is 3. The molecule has 1 aliphatic rings. The summed E-state index contributed by atoms with van der Waals surface area (Å²) in [6.07, 6.45) is 0.761. The topological polar surface area (TPSA) is 56.6 Å². The molecule has 1 atom stereocenters. The molecule has 3 rings (SSSR count). The third-order valence-corrected chi connectivity index (χ3v) is 4.87. The molecule has 0 N–H and O–H groups in total. The van der Waals surface area contributed by atoms with Crippen molar-refractivity contribution in [1.29, 1.82) is 5.26 Å². The molecule has 0 spiro atoms. The average Bonchev–Trinajstić information content (AvgIpc) is 3.04.